The van der Waals surface area contributed by atoms with Gasteiger partial charge in [0.25, 0.3) is 5.56 Å². The minimum Gasteiger partial charge on any atom is -0.338 e. The second kappa shape index (κ2) is 8.23. The van der Waals surface area contributed by atoms with Gasteiger partial charge in [-0.15, -0.1) is 0 Å². The normalized spacial score (nSPS) is 16.8. The number of carbonyl (C=O) groups excluding carboxylic acids is 1. The van der Waals surface area contributed by atoms with Crippen molar-refractivity contribution in [2.75, 3.05) is 13.1 Å². The summed E-state index contributed by atoms with van der Waals surface area (Å²) in [4.78, 5) is 27.0. The summed E-state index contributed by atoms with van der Waals surface area (Å²) in [6.07, 6.45) is -3.06. The van der Waals surface area contributed by atoms with E-state index in [2.05, 4.69) is 0 Å². The molecule has 1 aliphatic rings. The van der Waals surface area contributed by atoms with Crippen LogP contribution in [0.15, 0.2) is 41.5 Å². The summed E-state index contributed by atoms with van der Waals surface area (Å²) in [6, 6.07) is 4.89. The first-order valence-electron chi connectivity index (χ1n) is 9.70. The summed E-state index contributed by atoms with van der Waals surface area (Å²) >= 11 is 5.83. The SMILES string of the molecule is O=C(Cn1ccc2c(c(-c3ccc(F)c(Cl)c3)cn2CC(F)(F)F)c1=O)N1CCC(F)C1. The molecule has 1 unspecified atom stereocenters. The largest absolute Gasteiger partial charge is 0.406 e. The summed E-state index contributed by atoms with van der Waals surface area (Å²) in [5.41, 5.74) is -0.300. The molecule has 1 aliphatic heterocycles. The zero-order valence-corrected chi connectivity index (χ0v) is 17.3. The number of pyridine rings is 1. The number of likely N-dealkylation sites (tertiary alicyclic amines) is 1. The third-order valence-electron chi connectivity index (χ3n) is 5.38. The number of fused-ring (bicyclic) bond motifs is 1. The Morgan fingerprint density at radius 1 is 1.19 bits per heavy atom. The van der Waals surface area contributed by atoms with Crippen molar-refractivity contribution in [3.63, 3.8) is 0 Å². The molecule has 32 heavy (non-hydrogen) atoms. The first-order valence-corrected chi connectivity index (χ1v) is 10.1. The lowest BCUT2D eigenvalue weighted by molar-refractivity contribution is -0.139. The summed E-state index contributed by atoms with van der Waals surface area (Å²) in [5.74, 6) is -1.18. The van der Waals surface area contributed by atoms with Crippen LogP contribution in [0, 0.1) is 5.82 Å². The van der Waals surface area contributed by atoms with Gasteiger partial charge in [-0.1, -0.05) is 17.7 Å². The van der Waals surface area contributed by atoms with Gasteiger partial charge in [0, 0.05) is 24.5 Å². The van der Waals surface area contributed by atoms with E-state index in [0.29, 0.717) is 0 Å². The zero-order chi connectivity index (χ0) is 23.2. The molecule has 4 rings (SSSR count). The summed E-state index contributed by atoms with van der Waals surface area (Å²) in [5, 5.41) is -0.308. The van der Waals surface area contributed by atoms with Gasteiger partial charge in [-0.05, 0) is 30.2 Å². The predicted molar refractivity (Wildman–Crippen MR) is 109 cm³/mol. The van der Waals surface area contributed by atoms with E-state index >= 15 is 0 Å². The second-order valence-electron chi connectivity index (χ2n) is 7.65. The van der Waals surface area contributed by atoms with Gasteiger partial charge in [-0.25, -0.2) is 8.78 Å². The number of aromatic nitrogens is 2. The number of nitrogens with zero attached hydrogens (tertiary/aromatic N) is 3. The Morgan fingerprint density at radius 3 is 2.56 bits per heavy atom. The van der Waals surface area contributed by atoms with Crippen LogP contribution in [0.4, 0.5) is 22.0 Å². The molecule has 1 aromatic carbocycles. The molecule has 0 N–H and O–H groups in total. The highest BCUT2D eigenvalue weighted by Crippen LogP contribution is 2.32. The van der Waals surface area contributed by atoms with Gasteiger partial charge < -0.3 is 14.0 Å². The fraction of sp³-hybridized carbons (Fsp3) is 0.333. The zero-order valence-electron chi connectivity index (χ0n) is 16.5. The van der Waals surface area contributed by atoms with Crippen molar-refractivity contribution < 1.29 is 26.7 Å². The van der Waals surface area contributed by atoms with Crippen LogP contribution in [0.3, 0.4) is 0 Å². The molecule has 11 heteroatoms. The lowest BCUT2D eigenvalue weighted by Crippen LogP contribution is -2.35. The van der Waals surface area contributed by atoms with Crippen LogP contribution in [0.25, 0.3) is 22.0 Å². The first-order chi connectivity index (χ1) is 15.0. The topological polar surface area (TPSA) is 47.2 Å². The summed E-state index contributed by atoms with van der Waals surface area (Å²) < 4.78 is 68.2. The maximum atomic E-state index is 13.6. The molecule has 5 nitrogen and oxygen atoms in total. The summed E-state index contributed by atoms with van der Waals surface area (Å²) in [6.45, 7) is -1.54. The first kappa shape index (κ1) is 22.3. The number of hydrogen-bond acceptors (Lipinski definition) is 2. The van der Waals surface area contributed by atoms with E-state index < -0.39 is 36.2 Å². The molecule has 0 bridgehead atoms. The maximum Gasteiger partial charge on any atom is 0.406 e. The highest BCUT2D eigenvalue weighted by Gasteiger charge is 2.30. The molecule has 3 aromatic rings. The molecule has 0 spiro atoms. The molecule has 170 valence electrons. The van der Waals surface area contributed by atoms with Gasteiger partial charge in [0.15, 0.2) is 0 Å². The summed E-state index contributed by atoms with van der Waals surface area (Å²) in [7, 11) is 0. The van der Waals surface area contributed by atoms with Crippen molar-refractivity contribution in [3.8, 4) is 11.1 Å². The Kier molecular flexibility index (Phi) is 5.74. The van der Waals surface area contributed by atoms with Gasteiger partial charge in [-0.2, -0.15) is 13.2 Å². The van der Waals surface area contributed by atoms with E-state index in [1.54, 1.807) is 0 Å². The molecule has 0 radical (unpaired) electrons. The van der Waals surface area contributed by atoms with Gasteiger partial charge in [0.1, 0.15) is 25.1 Å². The molecule has 0 aliphatic carbocycles. The fourth-order valence-electron chi connectivity index (χ4n) is 3.87. The third-order valence-corrected chi connectivity index (χ3v) is 5.67. The number of halogens is 6. The van der Waals surface area contributed by atoms with Gasteiger partial charge in [0.2, 0.25) is 5.91 Å². The highest BCUT2D eigenvalue weighted by atomic mass is 35.5. The number of hydrogen-bond donors (Lipinski definition) is 0. The second-order valence-corrected chi connectivity index (χ2v) is 8.06. The van der Waals surface area contributed by atoms with Crippen LogP contribution in [-0.4, -0.2) is 45.4 Å². The lowest BCUT2D eigenvalue weighted by atomic mass is 10.1. The third kappa shape index (κ3) is 4.36. The average Bonchev–Trinajstić information content (AvgIpc) is 3.29. The van der Waals surface area contributed by atoms with Gasteiger partial charge in [-0.3, -0.25) is 9.59 Å². The Hall–Kier alpha value is -2.88. The molecular weight excluding hydrogens is 457 g/mol. The number of rotatable bonds is 4. The molecule has 1 fully saturated rings. The standard InChI is InChI=1S/C21H17ClF5N3O2/c22-15-7-12(1-2-16(15)24)14-9-30(11-21(25,26)27)17-4-6-29(20(32)19(14)17)10-18(31)28-5-3-13(23)8-28/h1-2,4,6-7,9,13H,3,5,8,10-11H2. The molecule has 1 saturated heterocycles. The molecule has 1 amide bonds. The highest BCUT2D eigenvalue weighted by molar-refractivity contribution is 6.31. The number of amides is 1. The molecule has 2 aromatic heterocycles. The maximum absolute atomic E-state index is 13.6. The lowest BCUT2D eigenvalue weighted by Gasteiger charge is -2.16. The average molecular weight is 474 g/mol. The van der Waals surface area contributed by atoms with Crippen molar-refractivity contribution in [1.82, 2.24) is 14.0 Å². The van der Waals surface area contributed by atoms with Gasteiger partial charge in [0.05, 0.1) is 22.5 Å². The Labute approximate surface area is 183 Å². The minimum absolute atomic E-state index is 0.0106. The monoisotopic (exact) mass is 473 g/mol. The van der Waals surface area contributed by atoms with E-state index in [1.165, 1.54) is 29.3 Å². The van der Waals surface area contributed by atoms with Crippen molar-refractivity contribution in [2.45, 2.75) is 31.9 Å². The molecule has 0 saturated carbocycles. The van der Waals surface area contributed by atoms with Crippen molar-refractivity contribution in [1.29, 1.82) is 0 Å². The molecular formula is C21H17ClF5N3O2. The Morgan fingerprint density at radius 2 is 1.94 bits per heavy atom. The molecule has 1 atom stereocenters. The van der Waals surface area contributed by atoms with E-state index in [4.69, 9.17) is 11.6 Å². The Bertz CT molecular complexity index is 1250. The van der Waals surface area contributed by atoms with Crippen LogP contribution in [0.5, 0.6) is 0 Å². The van der Waals surface area contributed by atoms with Crippen molar-refractivity contribution in [2.24, 2.45) is 0 Å². The van der Waals surface area contributed by atoms with E-state index in [1.807, 2.05) is 0 Å². The Balaban J connectivity index is 1.82. The van der Waals surface area contributed by atoms with Crippen LogP contribution < -0.4 is 5.56 Å². The minimum atomic E-state index is -4.55. The van der Waals surface area contributed by atoms with Crippen LogP contribution in [-0.2, 0) is 17.9 Å². The number of alkyl halides is 4. The molecule has 3 heterocycles. The van der Waals surface area contributed by atoms with Gasteiger partial charge >= 0.3 is 6.18 Å². The van der Waals surface area contributed by atoms with Crippen LogP contribution in [0.1, 0.15) is 6.42 Å². The predicted octanol–water partition coefficient (Wildman–Crippen LogP) is 4.40. The van der Waals surface area contributed by atoms with E-state index in [-0.39, 0.29) is 53.1 Å². The number of benzene rings is 1. The van der Waals surface area contributed by atoms with E-state index in [0.717, 1.165) is 21.4 Å². The van der Waals surface area contributed by atoms with Crippen LogP contribution >= 0.6 is 11.6 Å². The quantitative estimate of drug-likeness (QED) is 0.528. The van der Waals surface area contributed by atoms with E-state index in [9.17, 15) is 31.5 Å². The number of carbonyl (C=O) groups is 1. The smallest absolute Gasteiger partial charge is 0.338 e. The fourth-order valence-corrected chi connectivity index (χ4v) is 4.05. The van der Waals surface area contributed by atoms with Crippen molar-refractivity contribution >= 4 is 28.4 Å². The van der Waals surface area contributed by atoms with Crippen molar-refractivity contribution in [3.05, 3.63) is 57.9 Å². The van der Waals surface area contributed by atoms with Crippen LogP contribution in [0.2, 0.25) is 5.02 Å².